The molecule has 3 atom stereocenters. The number of nitrogens with zero attached hydrogens (tertiary/aromatic N) is 2. The lowest BCUT2D eigenvalue weighted by Crippen LogP contribution is -2.25. The predicted molar refractivity (Wildman–Crippen MR) is 134 cm³/mol. The number of ether oxygens (including phenoxy) is 3. The average Bonchev–Trinajstić information content (AvgIpc) is 3.40. The molecule has 7 nitrogen and oxygen atoms in total. The molecule has 2 aliphatic rings. The second kappa shape index (κ2) is 11.0. The normalized spacial score (nSPS) is 18.9. The van der Waals surface area contributed by atoms with E-state index in [1.165, 1.54) is 0 Å². The monoisotopic (exact) mass is 473 g/mol. The number of hydrogen-bond acceptors (Lipinski definition) is 6. The van der Waals surface area contributed by atoms with E-state index in [9.17, 15) is 5.11 Å². The second-order valence-electron chi connectivity index (χ2n) is 8.80. The van der Waals surface area contributed by atoms with Crippen LogP contribution in [0.25, 0.3) is 11.1 Å². The fourth-order valence-corrected chi connectivity index (χ4v) is 4.45. The van der Waals surface area contributed by atoms with Crippen molar-refractivity contribution in [3.8, 4) is 28.7 Å². The Morgan fingerprint density at radius 1 is 1.17 bits per heavy atom. The van der Waals surface area contributed by atoms with E-state index in [-0.39, 0.29) is 19.0 Å². The zero-order chi connectivity index (χ0) is 24.0. The molecule has 2 aromatic carbocycles. The molecule has 0 saturated carbocycles. The molecule has 1 unspecified atom stereocenters. The van der Waals surface area contributed by atoms with Gasteiger partial charge in [0.15, 0.2) is 6.29 Å². The molecule has 182 valence electrons. The van der Waals surface area contributed by atoms with Crippen LogP contribution in [0, 0.1) is 11.8 Å². The molecule has 1 saturated heterocycles. The minimum Gasteiger partial charge on any atom is -0.490 e. The van der Waals surface area contributed by atoms with Crippen LogP contribution in [0.4, 0.5) is 5.69 Å². The molecule has 5 rings (SSSR count). The SMILES string of the molecule is C[C@H](OC1CCCCO1)c1nccn1[C@@H](C#Cc1ccc(-c2ccc3c(c2)NCCO3)cc1)CO. The smallest absolute Gasteiger partial charge is 0.158 e. The van der Waals surface area contributed by atoms with Gasteiger partial charge in [-0.3, -0.25) is 0 Å². The molecule has 1 aromatic heterocycles. The quantitative estimate of drug-likeness (QED) is 0.512. The molecule has 0 spiro atoms. The number of nitrogens with one attached hydrogen (secondary N) is 1. The summed E-state index contributed by atoms with van der Waals surface area (Å²) in [6.07, 6.45) is 6.15. The van der Waals surface area contributed by atoms with Gasteiger partial charge in [-0.1, -0.05) is 30.0 Å². The standard InChI is InChI=1S/C28H31N3O4/c1-20(35-27-4-2-3-16-34-27)28-30-13-15-31(28)24(19-32)11-7-21-5-8-22(9-6-21)23-10-12-26-25(18-23)29-14-17-33-26/h5-6,8-10,12-13,15,18,20,24,27,29,32H,2-4,14,16-17,19H2,1H3/t20-,24-,27?/m0/s1. The minimum absolute atomic E-state index is 0.120. The van der Waals surface area contributed by atoms with Gasteiger partial charge < -0.3 is 29.2 Å². The number of aromatic nitrogens is 2. The molecule has 3 aromatic rings. The van der Waals surface area contributed by atoms with Crippen molar-refractivity contribution in [2.45, 2.75) is 44.6 Å². The number of aliphatic hydroxyl groups is 1. The van der Waals surface area contributed by atoms with E-state index in [1.54, 1.807) is 6.20 Å². The minimum atomic E-state index is -0.419. The molecule has 0 amide bonds. The van der Waals surface area contributed by atoms with Crippen LogP contribution in [-0.2, 0) is 9.47 Å². The first-order chi connectivity index (χ1) is 17.2. The van der Waals surface area contributed by atoms with Crippen LogP contribution in [0.2, 0.25) is 0 Å². The number of anilines is 1. The molecule has 7 heteroatoms. The predicted octanol–water partition coefficient (Wildman–Crippen LogP) is 4.54. The largest absolute Gasteiger partial charge is 0.490 e. The van der Waals surface area contributed by atoms with Crippen LogP contribution in [0.3, 0.4) is 0 Å². The Morgan fingerprint density at radius 3 is 2.83 bits per heavy atom. The van der Waals surface area contributed by atoms with E-state index in [1.807, 2.05) is 35.9 Å². The Labute approximate surface area is 206 Å². The molecule has 2 aliphatic heterocycles. The maximum atomic E-state index is 10.1. The molecule has 3 heterocycles. The van der Waals surface area contributed by atoms with Crippen molar-refractivity contribution < 1.29 is 19.3 Å². The van der Waals surface area contributed by atoms with Crippen LogP contribution in [-0.4, -0.2) is 47.3 Å². The van der Waals surface area contributed by atoms with Crippen LogP contribution in [0.15, 0.2) is 54.9 Å². The van der Waals surface area contributed by atoms with Crippen LogP contribution < -0.4 is 10.1 Å². The lowest BCUT2D eigenvalue weighted by molar-refractivity contribution is -0.188. The highest BCUT2D eigenvalue weighted by Gasteiger charge is 2.22. The van der Waals surface area contributed by atoms with Gasteiger partial charge in [-0.2, -0.15) is 0 Å². The third kappa shape index (κ3) is 5.51. The van der Waals surface area contributed by atoms with Gasteiger partial charge in [0.25, 0.3) is 0 Å². The van der Waals surface area contributed by atoms with Gasteiger partial charge in [0, 0.05) is 31.1 Å². The Hall–Kier alpha value is -3.31. The third-order valence-electron chi connectivity index (χ3n) is 6.32. The van der Waals surface area contributed by atoms with Gasteiger partial charge in [0.2, 0.25) is 0 Å². The van der Waals surface area contributed by atoms with Gasteiger partial charge in [-0.15, -0.1) is 0 Å². The number of fused-ring (bicyclic) bond motifs is 1. The first kappa shape index (κ1) is 23.4. The highest BCUT2D eigenvalue weighted by Crippen LogP contribution is 2.32. The molecule has 1 fully saturated rings. The van der Waals surface area contributed by atoms with Crippen molar-refractivity contribution in [2.75, 3.05) is 31.7 Å². The van der Waals surface area contributed by atoms with E-state index in [0.717, 1.165) is 66.4 Å². The summed E-state index contributed by atoms with van der Waals surface area (Å²) in [5.74, 6) is 8.02. The van der Waals surface area contributed by atoms with E-state index >= 15 is 0 Å². The lowest BCUT2D eigenvalue weighted by Gasteiger charge is -2.26. The summed E-state index contributed by atoms with van der Waals surface area (Å²) < 4.78 is 19.3. The summed E-state index contributed by atoms with van der Waals surface area (Å²) >= 11 is 0. The van der Waals surface area contributed by atoms with Crippen molar-refractivity contribution >= 4 is 5.69 Å². The fourth-order valence-electron chi connectivity index (χ4n) is 4.45. The maximum absolute atomic E-state index is 10.1. The van der Waals surface area contributed by atoms with Crippen molar-refractivity contribution in [3.63, 3.8) is 0 Å². The van der Waals surface area contributed by atoms with Crippen LogP contribution in [0.5, 0.6) is 5.75 Å². The first-order valence-electron chi connectivity index (χ1n) is 12.2. The molecule has 0 radical (unpaired) electrons. The van der Waals surface area contributed by atoms with Crippen molar-refractivity contribution in [3.05, 3.63) is 66.2 Å². The van der Waals surface area contributed by atoms with E-state index < -0.39 is 6.04 Å². The lowest BCUT2D eigenvalue weighted by atomic mass is 10.0. The molecule has 0 aliphatic carbocycles. The van der Waals surface area contributed by atoms with Gasteiger partial charge in [-0.05, 0) is 61.6 Å². The van der Waals surface area contributed by atoms with Gasteiger partial charge in [-0.25, -0.2) is 4.98 Å². The van der Waals surface area contributed by atoms with Crippen LogP contribution >= 0.6 is 0 Å². The summed E-state index contributed by atoms with van der Waals surface area (Å²) in [5.41, 5.74) is 4.13. The molecule has 0 bridgehead atoms. The van der Waals surface area contributed by atoms with Gasteiger partial charge in [0.05, 0.1) is 12.3 Å². The molecular formula is C28H31N3O4. The Balaban J connectivity index is 1.28. The summed E-state index contributed by atoms with van der Waals surface area (Å²) in [6.45, 7) is 4.07. The average molecular weight is 474 g/mol. The maximum Gasteiger partial charge on any atom is 0.158 e. The number of aliphatic hydroxyl groups excluding tert-OH is 1. The zero-order valence-corrected chi connectivity index (χ0v) is 19.9. The fraction of sp³-hybridized carbons (Fsp3) is 0.393. The highest BCUT2D eigenvalue weighted by atomic mass is 16.7. The second-order valence-corrected chi connectivity index (χ2v) is 8.80. The first-order valence-corrected chi connectivity index (χ1v) is 12.2. The topological polar surface area (TPSA) is 77.8 Å². The third-order valence-corrected chi connectivity index (χ3v) is 6.32. The van der Waals surface area contributed by atoms with Gasteiger partial charge >= 0.3 is 0 Å². The van der Waals surface area contributed by atoms with E-state index in [4.69, 9.17) is 14.2 Å². The summed E-state index contributed by atoms with van der Waals surface area (Å²) in [7, 11) is 0. The highest BCUT2D eigenvalue weighted by molar-refractivity contribution is 5.72. The van der Waals surface area contributed by atoms with Crippen molar-refractivity contribution in [1.29, 1.82) is 0 Å². The Morgan fingerprint density at radius 2 is 2.03 bits per heavy atom. The number of benzene rings is 2. The van der Waals surface area contributed by atoms with Crippen molar-refractivity contribution in [1.82, 2.24) is 9.55 Å². The van der Waals surface area contributed by atoms with Crippen molar-refractivity contribution in [2.24, 2.45) is 0 Å². The Bertz CT molecular complexity index is 1190. The summed E-state index contributed by atoms with van der Waals surface area (Å²) in [4.78, 5) is 4.47. The van der Waals surface area contributed by atoms with E-state index in [0.29, 0.717) is 6.61 Å². The number of imidazole rings is 1. The van der Waals surface area contributed by atoms with E-state index in [2.05, 4.69) is 46.4 Å². The zero-order valence-electron chi connectivity index (χ0n) is 19.9. The number of hydrogen-bond donors (Lipinski definition) is 2. The molecular weight excluding hydrogens is 442 g/mol. The molecule has 35 heavy (non-hydrogen) atoms. The summed E-state index contributed by atoms with van der Waals surface area (Å²) in [5, 5.41) is 13.4. The summed E-state index contributed by atoms with van der Waals surface area (Å²) in [6, 6.07) is 13.9. The van der Waals surface area contributed by atoms with Crippen LogP contribution in [0.1, 0.15) is 49.7 Å². The molecule has 2 N–H and O–H groups in total. The van der Waals surface area contributed by atoms with Gasteiger partial charge in [0.1, 0.15) is 30.3 Å². The Kier molecular flexibility index (Phi) is 7.34. The number of rotatable bonds is 6.